The van der Waals surface area contributed by atoms with Crippen LogP contribution in [0, 0.1) is 10.5 Å². The molecular formula is C15H13IO3. The summed E-state index contributed by atoms with van der Waals surface area (Å²) in [6.07, 6.45) is 0. The minimum Gasteiger partial charge on any atom is -0.496 e. The summed E-state index contributed by atoms with van der Waals surface area (Å²) in [7, 11) is 1.60. The highest BCUT2D eigenvalue weighted by atomic mass is 127. The Morgan fingerprint density at radius 3 is 2.37 bits per heavy atom. The fourth-order valence-corrected chi connectivity index (χ4v) is 2.30. The summed E-state index contributed by atoms with van der Waals surface area (Å²) in [5.74, 6) is 0.915. The molecule has 2 aromatic rings. The lowest BCUT2D eigenvalue weighted by Crippen LogP contribution is -2.08. The number of aryl methyl sites for hydroxylation is 1. The van der Waals surface area contributed by atoms with Gasteiger partial charge in [0.1, 0.15) is 11.5 Å². The van der Waals surface area contributed by atoms with Crippen molar-refractivity contribution >= 4 is 28.6 Å². The van der Waals surface area contributed by atoms with Crippen LogP contribution in [0.1, 0.15) is 15.9 Å². The predicted molar refractivity (Wildman–Crippen MR) is 81.8 cm³/mol. The topological polar surface area (TPSA) is 35.5 Å². The molecule has 4 heteroatoms. The molecule has 0 aliphatic heterocycles. The van der Waals surface area contributed by atoms with Crippen LogP contribution in [0.4, 0.5) is 0 Å². The Balaban J connectivity index is 2.16. The fraction of sp³-hybridized carbons (Fsp3) is 0.133. The van der Waals surface area contributed by atoms with Gasteiger partial charge < -0.3 is 9.47 Å². The first-order valence-electron chi connectivity index (χ1n) is 5.72. The maximum Gasteiger partial charge on any atom is 0.343 e. The largest absolute Gasteiger partial charge is 0.496 e. The summed E-state index contributed by atoms with van der Waals surface area (Å²) in [4.78, 5) is 12.0. The molecule has 0 fully saturated rings. The zero-order chi connectivity index (χ0) is 13.8. The number of halogens is 1. The summed E-state index contributed by atoms with van der Waals surface area (Å²) < 4.78 is 11.3. The lowest BCUT2D eigenvalue weighted by molar-refractivity contribution is 0.0734. The summed E-state index contributed by atoms with van der Waals surface area (Å²) in [5.41, 5.74) is 1.63. The van der Waals surface area contributed by atoms with Crippen molar-refractivity contribution < 1.29 is 14.3 Å². The van der Waals surface area contributed by atoms with Gasteiger partial charge in [-0.25, -0.2) is 4.79 Å². The molecule has 0 bridgehead atoms. The molecule has 2 aromatic carbocycles. The molecule has 19 heavy (non-hydrogen) atoms. The van der Waals surface area contributed by atoms with Gasteiger partial charge >= 0.3 is 5.97 Å². The van der Waals surface area contributed by atoms with Gasteiger partial charge in [0.25, 0.3) is 0 Å². The predicted octanol–water partition coefficient (Wildman–Crippen LogP) is 3.83. The van der Waals surface area contributed by atoms with Crippen LogP contribution >= 0.6 is 22.6 Å². The fourth-order valence-electron chi connectivity index (χ4n) is 1.57. The van der Waals surface area contributed by atoms with Gasteiger partial charge in [0, 0.05) is 0 Å². The van der Waals surface area contributed by atoms with Crippen molar-refractivity contribution in [3.63, 3.8) is 0 Å². The number of carbonyl (C=O) groups is 1. The van der Waals surface area contributed by atoms with Gasteiger partial charge in [0.05, 0.1) is 16.2 Å². The van der Waals surface area contributed by atoms with E-state index in [0.717, 1.165) is 14.9 Å². The van der Waals surface area contributed by atoms with Crippen molar-refractivity contribution in [2.45, 2.75) is 6.92 Å². The zero-order valence-corrected chi connectivity index (χ0v) is 12.8. The lowest BCUT2D eigenvalue weighted by Gasteiger charge is -2.07. The average Bonchev–Trinajstić information content (AvgIpc) is 2.41. The molecule has 0 aromatic heterocycles. The second-order valence-electron chi connectivity index (χ2n) is 4.05. The molecular weight excluding hydrogens is 355 g/mol. The van der Waals surface area contributed by atoms with Gasteiger partial charge in [-0.3, -0.25) is 0 Å². The SMILES string of the molecule is COc1ccc(C(=O)Oc2ccc(C)cc2)cc1I. The second-order valence-corrected chi connectivity index (χ2v) is 5.21. The van der Waals surface area contributed by atoms with E-state index in [1.807, 2.05) is 19.1 Å². The normalized spacial score (nSPS) is 10.1. The standard InChI is InChI=1S/C15H13IO3/c1-10-3-6-12(7-4-10)19-15(17)11-5-8-14(18-2)13(16)9-11/h3-9H,1-2H3. The molecule has 98 valence electrons. The maximum absolute atomic E-state index is 12.0. The molecule has 0 atom stereocenters. The number of esters is 1. The van der Waals surface area contributed by atoms with Crippen molar-refractivity contribution in [1.82, 2.24) is 0 Å². The molecule has 0 saturated carbocycles. The highest BCUT2D eigenvalue weighted by molar-refractivity contribution is 14.1. The number of methoxy groups -OCH3 is 1. The Labute approximate surface area is 125 Å². The molecule has 0 saturated heterocycles. The van der Waals surface area contributed by atoms with Gasteiger partial charge in [0.2, 0.25) is 0 Å². The molecule has 3 nitrogen and oxygen atoms in total. The molecule has 0 radical (unpaired) electrons. The Hall–Kier alpha value is -1.56. The van der Waals surface area contributed by atoms with E-state index in [2.05, 4.69) is 22.6 Å². The van der Waals surface area contributed by atoms with Crippen LogP contribution < -0.4 is 9.47 Å². The molecule has 0 aliphatic carbocycles. The van der Waals surface area contributed by atoms with E-state index in [-0.39, 0.29) is 5.97 Å². The van der Waals surface area contributed by atoms with E-state index in [1.54, 1.807) is 37.4 Å². The Bertz CT molecular complexity index is 591. The van der Waals surface area contributed by atoms with E-state index >= 15 is 0 Å². The van der Waals surface area contributed by atoms with Crippen molar-refractivity contribution in [2.75, 3.05) is 7.11 Å². The average molecular weight is 368 g/mol. The number of benzene rings is 2. The number of rotatable bonds is 3. The van der Waals surface area contributed by atoms with Gasteiger partial charge in [-0.15, -0.1) is 0 Å². The van der Waals surface area contributed by atoms with E-state index in [9.17, 15) is 4.79 Å². The first-order valence-corrected chi connectivity index (χ1v) is 6.80. The molecule has 0 heterocycles. The van der Waals surface area contributed by atoms with Crippen molar-refractivity contribution in [2.24, 2.45) is 0 Å². The Kier molecular flexibility index (Phi) is 4.42. The lowest BCUT2D eigenvalue weighted by atomic mass is 10.2. The second kappa shape index (κ2) is 6.06. The Morgan fingerprint density at radius 2 is 1.79 bits per heavy atom. The van der Waals surface area contributed by atoms with Crippen LogP contribution in [0.15, 0.2) is 42.5 Å². The third-order valence-corrected chi connectivity index (χ3v) is 3.46. The van der Waals surface area contributed by atoms with Gasteiger partial charge in [-0.1, -0.05) is 17.7 Å². The van der Waals surface area contributed by atoms with E-state index in [4.69, 9.17) is 9.47 Å². The molecule has 0 N–H and O–H groups in total. The first-order chi connectivity index (χ1) is 9.10. The molecule has 2 rings (SSSR count). The van der Waals surface area contributed by atoms with Crippen molar-refractivity contribution in [1.29, 1.82) is 0 Å². The number of hydrogen-bond donors (Lipinski definition) is 0. The van der Waals surface area contributed by atoms with E-state index < -0.39 is 0 Å². The van der Waals surface area contributed by atoms with Crippen LogP contribution in [0.25, 0.3) is 0 Å². The van der Waals surface area contributed by atoms with E-state index in [1.165, 1.54) is 0 Å². The van der Waals surface area contributed by atoms with Crippen LogP contribution in [0.2, 0.25) is 0 Å². The van der Waals surface area contributed by atoms with Crippen molar-refractivity contribution in [3.8, 4) is 11.5 Å². The third kappa shape index (κ3) is 3.47. The first kappa shape index (κ1) is 13.9. The molecule has 0 unspecified atom stereocenters. The molecule has 0 amide bonds. The van der Waals surface area contributed by atoms with Crippen LogP contribution in [0.3, 0.4) is 0 Å². The highest BCUT2D eigenvalue weighted by Crippen LogP contribution is 2.22. The Morgan fingerprint density at radius 1 is 1.11 bits per heavy atom. The van der Waals surface area contributed by atoms with Crippen LogP contribution in [0.5, 0.6) is 11.5 Å². The number of hydrogen-bond acceptors (Lipinski definition) is 3. The number of ether oxygens (including phenoxy) is 2. The maximum atomic E-state index is 12.0. The smallest absolute Gasteiger partial charge is 0.343 e. The summed E-state index contributed by atoms with van der Waals surface area (Å²) in [5, 5.41) is 0. The van der Waals surface area contributed by atoms with Crippen LogP contribution in [-0.2, 0) is 0 Å². The van der Waals surface area contributed by atoms with Gasteiger partial charge in [0.15, 0.2) is 0 Å². The van der Waals surface area contributed by atoms with Crippen LogP contribution in [-0.4, -0.2) is 13.1 Å². The summed E-state index contributed by atoms with van der Waals surface area (Å²) in [6, 6.07) is 12.6. The minimum absolute atomic E-state index is 0.371. The third-order valence-electron chi connectivity index (χ3n) is 2.62. The summed E-state index contributed by atoms with van der Waals surface area (Å²) >= 11 is 2.12. The number of carbonyl (C=O) groups excluding carboxylic acids is 1. The monoisotopic (exact) mass is 368 g/mol. The van der Waals surface area contributed by atoms with Gasteiger partial charge in [-0.05, 0) is 59.8 Å². The zero-order valence-electron chi connectivity index (χ0n) is 10.6. The highest BCUT2D eigenvalue weighted by Gasteiger charge is 2.11. The van der Waals surface area contributed by atoms with Gasteiger partial charge in [-0.2, -0.15) is 0 Å². The molecule has 0 spiro atoms. The quantitative estimate of drug-likeness (QED) is 0.469. The van der Waals surface area contributed by atoms with E-state index in [0.29, 0.717) is 11.3 Å². The summed E-state index contributed by atoms with van der Waals surface area (Å²) in [6.45, 7) is 1.98. The van der Waals surface area contributed by atoms with Crippen molar-refractivity contribution in [3.05, 3.63) is 57.2 Å². The minimum atomic E-state index is -0.371. The molecule has 0 aliphatic rings.